The van der Waals surface area contributed by atoms with Crippen LogP contribution in [0, 0.1) is 0 Å². The molecule has 132 valence electrons. The lowest BCUT2D eigenvalue weighted by molar-refractivity contribution is 0.0697. The van der Waals surface area contributed by atoms with Gasteiger partial charge in [0.25, 0.3) is 5.56 Å². The van der Waals surface area contributed by atoms with Gasteiger partial charge in [0, 0.05) is 4.90 Å². The summed E-state index contributed by atoms with van der Waals surface area (Å²) in [5.41, 5.74) is 0.856. The topological polar surface area (TPSA) is 75.1 Å². The summed E-state index contributed by atoms with van der Waals surface area (Å²) >= 11 is 7.53. The molecule has 5 nitrogen and oxygen atoms in total. The van der Waals surface area contributed by atoms with Gasteiger partial charge in [0.1, 0.15) is 0 Å². The zero-order valence-electron chi connectivity index (χ0n) is 13.8. The second-order valence-electron chi connectivity index (χ2n) is 5.53. The van der Waals surface area contributed by atoms with E-state index in [0.29, 0.717) is 16.3 Å². The Hall–Kier alpha value is -2.70. The number of carboxylic acid groups (broad SMARTS) is 1. The Labute approximate surface area is 158 Å². The van der Waals surface area contributed by atoms with Crippen molar-refractivity contribution in [3.8, 4) is 5.69 Å². The summed E-state index contributed by atoms with van der Waals surface area (Å²) in [6.07, 6.45) is 3.74. The fourth-order valence-corrected chi connectivity index (χ4v) is 3.12. The van der Waals surface area contributed by atoms with E-state index in [4.69, 9.17) is 11.6 Å². The van der Waals surface area contributed by atoms with Gasteiger partial charge < -0.3 is 5.11 Å². The predicted octanol–water partition coefficient (Wildman–Crippen LogP) is 2.48. The maximum absolute atomic E-state index is 12.8. The lowest BCUT2D eigenvalue weighted by Gasteiger charge is -2.04. The highest BCUT2D eigenvalue weighted by atomic mass is 35.5. The van der Waals surface area contributed by atoms with E-state index in [1.54, 1.807) is 23.9 Å². The molecule has 0 aliphatic carbocycles. The molecule has 0 amide bonds. The highest BCUT2D eigenvalue weighted by Gasteiger charge is 2.12. The normalized spacial score (nSPS) is 11.7. The third-order valence-corrected chi connectivity index (χ3v) is 4.94. The Kier molecular flexibility index (Phi) is 5.06. The van der Waals surface area contributed by atoms with Gasteiger partial charge in [-0.2, -0.15) is 0 Å². The van der Waals surface area contributed by atoms with Crippen molar-refractivity contribution in [2.75, 3.05) is 6.26 Å². The summed E-state index contributed by atoms with van der Waals surface area (Å²) in [6.45, 7) is 3.88. The number of nitrogens with one attached hydrogen (secondary N) is 1. The molecule has 0 radical (unpaired) electrons. The predicted molar refractivity (Wildman–Crippen MR) is 105 cm³/mol. The van der Waals surface area contributed by atoms with Crippen LogP contribution in [0.2, 0.25) is 5.02 Å². The van der Waals surface area contributed by atoms with E-state index in [-0.39, 0.29) is 16.1 Å². The van der Waals surface area contributed by atoms with Gasteiger partial charge in [-0.1, -0.05) is 30.3 Å². The number of halogens is 1. The van der Waals surface area contributed by atoms with Gasteiger partial charge in [0.2, 0.25) is 0 Å². The van der Waals surface area contributed by atoms with Crippen molar-refractivity contribution in [3.63, 3.8) is 0 Å². The highest BCUT2D eigenvalue weighted by Crippen LogP contribution is 2.18. The molecule has 0 saturated carbocycles. The second-order valence-corrected chi connectivity index (χ2v) is 6.82. The van der Waals surface area contributed by atoms with E-state index < -0.39 is 5.97 Å². The number of H-pyrrole nitrogens is 1. The van der Waals surface area contributed by atoms with Crippen molar-refractivity contribution in [1.29, 1.82) is 0 Å². The van der Waals surface area contributed by atoms with Crippen LogP contribution in [0.4, 0.5) is 0 Å². The number of thioether (sulfide) groups is 1. The van der Waals surface area contributed by atoms with Crippen LogP contribution >= 0.6 is 23.4 Å². The van der Waals surface area contributed by atoms with Gasteiger partial charge in [0.15, 0.2) is 0 Å². The lowest BCUT2D eigenvalue weighted by Crippen LogP contribution is -2.34. The van der Waals surface area contributed by atoms with Crippen molar-refractivity contribution < 1.29 is 9.90 Å². The van der Waals surface area contributed by atoms with Crippen LogP contribution in [0.25, 0.3) is 18.3 Å². The minimum absolute atomic E-state index is 0.0746. The minimum Gasteiger partial charge on any atom is -0.478 e. The molecule has 1 aromatic heterocycles. The fraction of sp³-hybridized carbons (Fsp3) is 0.0526. The van der Waals surface area contributed by atoms with E-state index in [1.165, 1.54) is 16.8 Å². The molecule has 2 aromatic carbocycles. The molecule has 0 saturated heterocycles. The molecule has 0 unspecified atom stereocenters. The maximum atomic E-state index is 12.8. The van der Waals surface area contributed by atoms with Crippen LogP contribution in [0.3, 0.4) is 0 Å². The number of aromatic amines is 1. The smallest absolute Gasteiger partial charge is 0.337 e. The van der Waals surface area contributed by atoms with E-state index in [2.05, 4.69) is 11.7 Å². The molecule has 26 heavy (non-hydrogen) atoms. The van der Waals surface area contributed by atoms with Crippen LogP contribution in [0.5, 0.6) is 0 Å². The molecule has 1 heterocycles. The van der Waals surface area contributed by atoms with E-state index in [9.17, 15) is 14.7 Å². The first kappa shape index (κ1) is 18.1. The highest BCUT2D eigenvalue weighted by molar-refractivity contribution is 7.98. The number of carboxylic acids is 1. The van der Waals surface area contributed by atoms with Crippen LogP contribution in [0.15, 0.2) is 52.2 Å². The number of benzene rings is 2. The summed E-state index contributed by atoms with van der Waals surface area (Å²) in [6, 6.07) is 12.2. The van der Waals surface area contributed by atoms with E-state index in [0.717, 1.165) is 10.5 Å². The maximum Gasteiger partial charge on any atom is 0.337 e. The summed E-state index contributed by atoms with van der Waals surface area (Å²) in [5, 5.41) is 13.0. The third-order valence-electron chi connectivity index (χ3n) is 3.87. The van der Waals surface area contributed by atoms with Gasteiger partial charge in [-0.15, -0.1) is 11.8 Å². The number of aromatic nitrogens is 2. The average molecular weight is 387 g/mol. The molecule has 3 rings (SSSR count). The largest absolute Gasteiger partial charge is 0.478 e. The molecule has 3 aromatic rings. The zero-order valence-corrected chi connectivity index (χ0v) is 15.4. The number of nitrogens with zero attached hydrogens (tertiary/aromatic N) is 1. The first-order valence-electron chi connectivity index (χ1n) is 7.59. The van der Waals surface area contributed by atoms with E-state index in [1.807, 2.05) is 30.5 Å². The Balaban J connectivity index is 2.13. The first-order chi connectivity index (χ1) is 12.4. The third kappa shape index (κ3) is 3.47. The SMILES string of the molecule is C=c1[nH]n(-c2ccc(Cl)c(C(=O)O)c2)c(=O)c1=Cc1ccc(SC)cc1. The van der Waals surface area contributed by atoms with Crippen molar-refractivity contribution >= 4 is 42.0 Å². The van der Waals surface area contributed by atoms with Gasteiger partial charge in [-0.25, -0.2) is 9.48 Å². The lowest BCUT2D eigenvalue weighted by atomic mass is 10.2. The number of aromatic carboxylic acids is 1. The quantitative estimate of drug-likeness (QED) is 0.675. The van der Waals surface area contributed by atoms with Gasteiger partial charge in [-0.3, -0.25) is 9.89 Å². The summed E-state index contributed by atoms with van der Waals surface area (Å²) in [5.74, 6) is -1.16. The Morgan fingerprint density at radius 1 is 1.27 bits per heavy atom. The van der Waals surface area contributed by atoms with Crippen molar-refractivity contribution in [1.82, 2.24) is 9.78 Å². The molecule has 0 bridgehead atoms. The zero-order chi connectivity index (χ0) is 18.8. The fourth-order valence-electron chi connectivity index (χ4n) is 2.51. The molecule has 0 fully saturated rings. The Morgan fingerprint density at radius 2 is 1.96 bits per heavy atom. The summed E-state index contributed by atoms with van der Waals surface area (Å²) < 4.78 is 1.26. The molecule has 0 aliphatic heterocycles. The van der Waals surface area contributed by atoms with Crippen molar-refractivity contribution in [2.45, 2.75) is 4.90 Å². The number of carbonyl (C=O) groups is 1. The number of hydrogen-bond donors (Lipinski definition) is 2. The first-order valence-corrected chi connectivity index (χ1v) is 9.20. The van der Waals surface area contributed by atoms with Crippen LogP contribution in [-0.2, 0) is 0 Å². The monoisotopic (exact) mass is 386 g/mol. The molecule has 0 aliphatic rings. The standard InChI is InChI=1S/C19H15ClN2O3S/c1-11-15(9-12-3-6-14(26-2)7-4-12)18(23)22(21-11)13-5-8-17(20)16(10-13)19(24)25/h3-10,21H,1H2,2H3,(H,24,25). The molecule has 2 N–H and O–H groups in total. The Morgan fingerprint density at radius 3 is 2.58 bits per heavy atom. The number of hydrogen-bond acceptors (Lipinski definition) is 3. The molecular formula is C19H15ClN2O3S. The van der Waals surface area contributed by atoms with Gasteiger partial charge in [-0.05, 0) is 48.2 Å². The van der Waals surface area contributed by atoms with Crippen LogP contribution in [0.1, 0.15) is 15.9 Å². The molecule has 0 spiro atoms. The Bertz CT molecular complexity index is 1150. The molecule has 7 heteroatoms. The summed E-state index contributed by atoms with van der Waals surface area (Å²) in [7, 11) is 0. The number of rotatable bonds is 4. The average Bonchev–Trinajstić information content (AvgIpc) is 2.91. The van der Waals surface area contributed by atoms with Crippen molar-refractivity contribution in [2.24, 2.45) is 0 Å². The molecule has 0 atom stereocenters. The van der Waals surface area contributed by atoms with Gasteiger partial charge >= 0.3 is 5.97 Å². The van der Waals surface area contributed by atoms with Crippen LogP contribution in [-0.4, -0.2) is 27.1 Å². The summed E-state index contributed by atoms with van der Waals surface area (Å²) in [4.78, 5) is 25.1. The van der Waals surface area contributed by atoms with Crippen LogP contribution < -0.4 is 16.1 Å². The van der Waals surface area contributed by atoms with Gasteiger partial charge in [0.05, 0.1) is 26.8 Å². The molecular weight excluding hydrogens is 372 g/mol. The van der Waals surface area contributed by atoms with E-state index >= 15 is 0 Å². The second kappa shape index (κ2) is 7.27. The minimum atomic E-state index is -1.16. The van der Waals surface area contributed by atoms with Crippen molar-refractivity contribution in [3.05, 3.63) is 79.5 Å².